The maximum absolute atomic E-state index is 12.2. The first-order valence-corrected chi connectivity index (χ1v) is 9.68. The molecule has 0 spiro atoms. The molecule has 27 heavy (non-hydrogen) atoms. The maximum atomic E-state index is 12.2. The Morgan fingerprint density at radius 1 is 0.778 bits per heavy atom. The summed E-state index contributed by atoms with van der Waals surface area (Å²) >= 11 is 0. The largest absolute Gasteiger partial charge is 0.379 e. The lowest BCUT2D eigenvalue weighted by Crippen LogP contribution is -2.34. The van der Waals surface area contributed by atoms with Crippen molar-refractivity contribution in [2.45, 2.75) is 25.7 Å². The average molecular weight is 388 g/mol. The highest BCUT2D eigenvalue weighted by atomic mass is 16.6. The van der Waals surface area contributed by atoms with Crippen LogP contribution in [0.15, 0.2) is 0 Å². The van der Waals surface area contributed by atoms with Crippen LogP contribution < -0.4 is 11.5 Å². The molecule has 8 heteroatoms. The van der Waals surface area contributed by atoms with Gasteiger partial charge in [-0.1, -0.05) is 5.92 Å². The van der Waals surface area contributed by atoms with Gasteiger partial charge >= 0.3 is 0 Å². The van der Waals surface area contributed by atoms with E-state index in [4.69, 9.17) is 36.8 Å². The second-order valence-corrected chi connectivity index (χ2v) is 5.86. The summed E-state index contributed by atoms with van der Waals surface area (Å²) in [5, 5.41) is 0. The molecular weight excluding hydrogens is 350 g/mol. The Labute approximate surface area is 163 Å². The molecule has 0 bridgehead atoms. The van der Waals surface area contributed by atoms with E-state index < -0.39 is 0 Å². The normalized spacial score (nSPS) is 10.7. The smallest absolute Gasteiger partial charge is 0.224 e. The van der Waals surface area contributed by atoms with E-state index in [1.54, 1.807) is 0 Å². The number of carbonyl (C=O) groups excluding carboxylic acids is 1. The van der Waals surface area contributed by atoms with E-state index in [0.717, 1.165) is 25.8 Å². The molecule has 0 heterocycles. The Morgan fingerprint density at radius 3 is 1.85 bits per heavy atom. The minimum Gasteiger partial charge on any atom is -0.379 e. The van der Waals surface area contributed by atoms with Gasteiger partial charge in [0, 0.05) is 13.1 Å². The molecule has 0 radical (unpaired) electrons. The molecule has 0 saturated carbocycles. The molecule has 158 valence electrons. The molecule has 4 N–H and O–H groups in total. The number of hydrogen-bond acceptors (Lipinski definition) is 7. The van der Waals surface area contributed by atoms with Gasteiger partial charge in [-0.25, -0.2) is 0 Å². The van der Waals surface area contributed by atoms with Gasteiger partial charge in [0.2, 0.25) is 5.91 Å². The van der Waals surface area contributed by atoms with Crippen molar-refractivity contribution in [2.24, 2.45) is 11.5 Å². The third kappa shape index (κ3) is 17.9. The van der Waals surface area contributed by atoms with Crippen LogP contribution in [0.2, 0.25) is 0 Å². The first-order valence-electron chi connectivity index (χ1n) is 9.68. The van der Waals surface area contributed by atoms with Crippen molar-refractivity contribution in [3.63, 3.8) is 0 Å². The molecule has 0 aromatic carbocycles. The fourth-order valence-corrected chi connectivity index (χ4v) is 2.20. The molecule has 0 aliphatic rings. The molecule has 0 aliphatic carbocycles. The Kier molecular flexibility index (Phi) is 20.1. The van der Waals surface area contributed by atoms with Crippen molar-refractivity contribution >= 4 is 5.91 Å². The summed E-state index contributed by atoms with van der Waals surface area (Å²) in [5.74, 6) is 2.49. The highest BCUT2D eigenvalue weighted by molar-refractivity contribution is 5.76. The second-order valence-electron chi connectivity index (χ2n) is 5.86. The van der Waals surface area contributed by atoms with Crippen molar-refractivity contribution < 1.29 is 23.7 Å². The number of nitrogens with two attached hydrogens (primary N) is 2. The number of nitrogens with zero attached hydrogens (tertiary/aromatic N) is 1. The van der Waals surface area contributed by atoms with Crippen molar-refractivity contribution in [3.05, 3.63) is 0 Å². The maximum Gasteiger partial charge on any atom is 0.224 e. The predicted molar refractivity (Wildman–Crippen MR) is 105 cm³/mol. The van der Waals surface area contributed by atoms with Crippen LogP contribution in [-0.2, 0) is 23.7 Å². The molecule has 0 atom stereocenters. The SMILES string of the molecule is C#CCOCCOCCOCCOCCC(=O)N(CCCN)CCCCN. The van der Waals surface area contributed by atoms with Gasteiger partial charge < -0.3 is 35.3 Å². The highest BCUT2D eigenvalue weighted by Crippen LogP contribution is 2.01. The average Bonchev–Trinajstić information content (AvgIpc) is 2.68. The summed E-state index contributed by atoms with van der Waals surface area (Å²) in [6.45, 7) is 6.23. The first kappa shape index (κ1) is 25.8. The summed E-state index contributed by atoms with van der Waals surface area (Å²) in [6, 6.07) is 0. The number of terminal acetylenes is 1. The van der Waals surface area contributed by atoms with E-state index >= 15 is 0 Å². The fraction of sp³-hybridized carbons (Fsp3) is 0.842. The number of amides is 1. The standard InChI is InChI=1S/C19H37N3O5/c1-2-11-24-13-15-26-17-18-27-16-14-25-12-6-19(23)22(10-5-8-21)9-4-3-7-20/h1H,3-18,20-21H2. The first-order chi connectivity index (χ1) is 13.3. The summed E-state index contributed by atoms with van der Waals surface area (Å²) in [4.78, 5) is 14.1. The van der Waals surface area contributed by atoms with Crippen molar-refractivity contribution in [1.29, 1.82) is 0 Å². The topological polar surface area (TPSA) is 109 Å². The Hall–Kier alpha value is -1.21. The quantitative estimate of drug-likeness (QED) is 0.223. The second kappa shape index (κ2) is 21.1. The van der Waals surface area contributed by atoms with Gasteiger partial charge in [0.25, 0.3) is 0 Å². The van der Waals surface area contributed by atoms with Gasteiger partial charge in [0.05, 0.1) is 52.7 Å². The lowest BCUT2D eigenvalue weighted by molar-refractivity contribution is -0.132. The monoisotopic (exact) mass is 387 g/mol. The van der Waals surface area contributed by atoms with E-state index in [9.17, 15) is 4.79 Å². The van der Waals surface area contributed by atoms with Crippen LogP contribution in [0.3, 0.4) is 0 Å². The zero-order valence-electron chi connectivity index (χ0n) is 16.5. The minimum atomic E-state index is 0.0989. The third-order valence-corrected chi connectivity index (χ3v) is 3.63. The van der Waals surface area contributed by atoms with E-state index in [0.29, 0.717) is 78.9 Å². The van der Waals surface area contributed by atoms with Crippen LogP contribution in [0.5, 0.6) is 0 Å². The molecule has 1 amide bonds. The molecule has 0 aromatic heterocycles. The summed E-state index contributed by atoms with van der Waals surface area (Å²) in [5.41, 5.74) is 11.0. The van der Waals surface area contributed by atoms with Gasteiger partial charge in [0.15, 0.2) is 0 Å². The summed E-state index contributed by atoms with van der Waals surface area (Å²) < 4.78 is 21.2. The Morgan fingerprint density at radius 2 is 1.30 bits per heavy atom. The van der Waals surface area contributed by atoms with Gasteiger partial charge in [-0.2, -0.15) is 0 Å². The fourth-order valence-electron chi connectivity index (χ4n) is 2.20. The molecule has 0 fully saturated rings. The Balaban J connectivity index is 3.54. The van der Waals surface area contributed by atoms with E-state index in [2.05, 4.69) is 5.92 Å². The van der Waals surface area contributed by atoms with E-state index in [1.165, 1.54) is 0 Å². The third-order valence-electron chi connectivity index (χ3n) is 3.63. The van der Waals surface area contributed by atoms with Crippen LogP contribution in [0.4, 0.5) is 0 Å². The molecule has 0 rings (SSSR count). The van der Waals surface area contributed by atoms with Crippen LogP contribution in [0, 0.1) is 12.3 Å². The highest BCUT2D eigenvalue weighted by Gasteiger charge is 2.12. The lowest BCUT2D eigenvalue weighted by Gasteiger charge is -2.22. The van der Waals surface area contributed by atoms with E-state index in [-0.39, 0.29) is 5.91 Å². The van der Waals surface area contributed by atoms with Gasteiger partial charge in [-0.05, 0) is 32.4 Å². The minimum absolute atomic E-state index is 0.0989. The Bertz CT molecular complexity index is 377. The van der Waals surface area contributed by atoms with Crippen LogP contribution in [0.1, 0.15) is 25.7 Å². The zero-order valence-corrected chi connectivity index (χ0v) is 16.5. The number of carbonyl (C=O) groups is 1. The predicted octanol–water partition coefficient (Wildman–Crippen LogP) is -0.00760. The van der Waals surface area contributed by atoms with Gasteiger partial charge in [0.1, 0.15) is 6.61 Å². The van der Waals surface area contributed by atoms with Crippen molar-refractivity contribution in [3.8, 4) is 12.3 Å². The van der Waals surface area contributed by atoms with E-state index in [1.807, 2.05) is 4.90 Å². The molecule has 0 aliphatic heterocycles. The zero-order chi connectivity index (χ0) is 20.0. The van der Waals surface area contributed by atoms with Crippen LogP contribution in [0.25, 0.3) is 0 Å². The molecular formula is C19H37N3O5. The summed E-state index contributed by atoms with van der Waals surface area (Å²) in [7, 11) is 0. The number of hydrogen-bond donors (Lipinski definition) is 2. The van der Waals surface area contributed by atoms with Crippen LogP contribution >= 0.6 is 0 Å². The van der Waals surface area contributed by atoms with Gasteiger partial charge in [-0.3, -0.25) is 4.79 Å². The molecule has 0 saturated heterocycles. The number of ether oxygens (including phenoxy) is 4. The van der Waals surface area contributed by atoms with Crippen molar-refractivity contribution in [2.75, 3.05) is 79.0 Å². The molecule has 8 nitrogen and oxygen atoms in total. The molecule has 0 aromatic rings. The number of rotatable bonds is 20. The van der Waals surface area contributed by atoms with Gasteiger partial charge in [-0.15, -0.1) is 6.42 Å². The van der Waals surface area contributed by atoms with Crippen molar-refractivity contribution in [1.82, 2.24) is 4.90 Å². The lowest BCUT2D eigenvalue weighted by atomic mass is 10.2. The number of unbranched alkanes of at least 4 members (excludes halogenated alkanes) is 1. The van der Waals surface area contributed by atoms with Crippen LogP contribution in [-0.4, -0.2) is 89.8 Å². The molecule has 0 unspecified atom stereocenters. The summed E-state index contributed by atoms with van der Waals surface area (Å²) in [6.07, 6.45) is 8.07.